The van der Waals surface area contributed by atoms with Crippen LogP contribution in [0.5, 0.6) is 0 Å². The van der Waals surface area contributed by atoms with Gasteiger partial charge in [-0.25, -0.2) is 0 Å². The summed E-state index contributed by atoms with van der Waals surface area (Å²) in [5.41, 5.74) is 0.638. The molecule has 0 aromatic rings. The maximum Gasteiger partial charge on any atom is 0.316 e. The third kappa shape index (κ3) is 1.82. The molecule has 0 aromatic heterocycles. The monoisotopic (exact) mass is 180 g/mol. The van der Waals surface area contributed by atoms with E-state index >= 15 is 0 Å². The lowest BCUT2D eigenvalue weighted by atomic mass is 9.77. The SMILES string of the molecule is CCOC(=O)C1(C)CC=CC=C1C. The van der Waals surface area contributed by atoms with Gasteiger partial charge in [-0.3, -0.25) is 4.79 Å². The van der Waals surface area contributed by atoms with E-state index in [4.69, 9.17) is 4.74 Å². The second-order valence-corrected chi connectivity index (χ2v) is 3.53. The quantitative estimate of drug-likeness (QED) is 0.610. The molecule has 1 atom stereocenters. The van der Waals surface area contributed by atoms with Crippen LogP contribution in [-0.4, -0.2) is 12.6 Å². The Hall–Kier alpha value is -1.05. The zero-order valence-electron chi connectivity index (χ0n) is 8.46. The number of carbonyl (C=O) groups excluding carboxylic acids is 1. The average Bonchev–Trinajstić information content (AvgIpc) is 2.11. The molecule has 72 valence electrons. The van der Waals surface area contributed by atoms with Crippen molar-refractivity contribution in [2.75, 3.05) is 6.61 Å². The third-order valence-electron chi connectivity index (χ3n) is 2.60. The molecular weight excluding hydrogens is 164 g/mol. The first-order valence-electron chi connectivity index (χ1n) is 4.62. The highest BCUT2D eigenvalue weighted by Crippen LogP contribution is 2.35. The molecule has 1 unspecified atom stereocenters. The summed E-state index contributed by atoms with van der Waals surface area (Å²) in [5, 5.41) is 0. The number of allylic oxidation sites excluding steroid dienone is 3. The molecular formula is C11H16O2. The molecule has 0 fully saturated rings. The van der Waals surface area contributed by atoms with E-state index in [1.807, 2.05) is 39.0 Å². The Morgan fingerprint density at radius 1 is 1.69 bits per heavy atom. The minimum Gasteiger partial charge on any atom is -0.465 e. The van der Waals surface area contributed by atoms with Gasteiger partial charge in [0.1, 0.15) is 0 Å². The number of rotatable bonds is 2. The van der Waals surface area contributed by atoms with Gasteiger partial charge in [0.05, 0.1) is 12.0 Å². The van der Waals surface area contributed by atoms with Crippen molar-refractivity contribution in [3.63, 3.8) is 0 Å². The van der Waals surface area contributed by atoms with E-state index in [9.17, 15) is 4.79 Å². The highest BCUT2D eigenvalue weighted by molar-refractivity contribution is 5.80. The molecule has 1 aliphatic rings. The fraction of sp³-hybridized carbons (Fsp3) is 0.545. The highest BCUT2D eigenvalue weighted by atomic mass is 16.5. The molecule has 1 aliphatic carbocycles. The molecule has 0 saturated heterocycles. The van der Waals surface area contributed by atoms with Crippen LogP contribution in [0.2, 0.25) is 0 Å². The van der Waals surface area contributed by atoms with Crippen molar-refractivity contribution in [3.05, 3.63) is 23.8 Å². The van der Waals surface area contributed by atoms with E-state index in [1.165, 1.54) is 0 Å². The van der Waals surface area contributed by atoms with E-state index in [-0.39, 0.29) is 5.97 Å². The molecule has 0 heterocycles. The molecule has 2 heteroatoms. The Morgan fingerprint density at radius 3 is 2.92 bits per heavy atom. The van der Waals surface area contributed by atoms with Crippen LogP contribution in [-0.2, 0) is 9.53 Å². The van der Waals surface area contributed by atoms with Gasteiger partial charge in [0.25, 0.3) is 0 Å². The van der Waals surface area contributed by atoms with Crippen LogP contribution in [0, 0.1) is 5.41 Å². The lowest BCUT2D eigenvalue weighted by Crippen LogP contribution is -2.31. The van der Waals surface area contributed by atoms with E-state index < -0.39 is 5.41 Å². The summed E-state index contributed by atoms with van der Waals surface area (Å²) in [4.78, 5) is 11.6. The maximum absolute atomic E-state index is 11.6. The lowest BCUT2D eigenvalue weighted by Gasteiger charge is -2.28. The summed E-state index contributed by atoms with van der Waals surface area (Å²) >= 11 is 0. The molecule has 0 aliphatic heterocycles. The number of carbonyl (C=O) groups is 1. The normalized spacial score (nSPS) is 26.8. The summed E-state index contributed by atoms with van der Waals surface area (Å²) < 4.78 is 5.04. The van der Waals surface area contributed by atoms with Gasteiger partial charge in [-0.2, -0.15) is 0 Å². The van der Waals surface area contributed by atoms with Crippen LogP contribution in [0.4, 0.5) is 0 Å². The first-order chi connectivity index (χ1) is 6.11. The zero-order chi connectivity index (χ0) is 9.90. The van der Waals surface area contributed by atoms with Gasteiger partial charge in [-0.1, -0.05) is 23.8 Å². The number of hydrogen-bond donors (Lipinski definition) is 0. The zero-order valence-corrected chi connectivity index (χ0v) is 8.46. The molecule has 0 N–H and O–H groups in total. The van der Waals surface area contributed by atoms with Crippen LogP contribution < -0.4 is 0 Å². The van der Waals surface area contributed by atoms with Crippen LogP contribution in [0.1, 0.15) is 27.2 Å². The smallest absolute Gasteiger partial charge is 0.316 e. The van der Waals surface area contributed by atoms with E-state index in [0.29, 0.717) is 6.61 Å². The number of ether oxygens (including phenoxy) is 1. The second kappa shape index (κ2) is 3.77. The van der Waals surface area contributed by atoms with Gasteiger partial charge >= 0.3 is 5.97 Å². The molecule has 0 radical (unpaired) electrons. The van der Waals surface area contributed by atoms with Crippen molar-refractivity contribution >= 4 is 5.97 Å². The predicted octanol–water partition coefficient (Wildman–Crippen LogP) is 2.46. The van der Waals surface area contributed by atoms with Crippen molar-refractivity contribution in [2.45, 2.75) is 27.2 Å². The minimum atomic E-state index is -0.440. The first-order valence-corrected chi connectivity index (χ1v) is 4.62. The average molecular weight is 180 g/mol. The molecule has 0 aromatic carbocycles. The van der Waals surface area contributed by atoms with Crippen LogP contribution in [0.3, 0.4) is 0 Å². The van der Waals surface area contributed by atoms with Crippen LogP contribution in [0.15, 0.2) is 23.8 Å². The van der Waals surface area contributed by atoms with Crippen molar-refractivity contribution in [1.29, 1.82) is 0 Å². The van der Waals surface area contributed by atoms with E-state index in [0.717, 1.165) is 12.0 Å². The standard InChI is InChI=1S/C11H16O2/c1-4-13-10(12)11(3)8-6-5-7-9(11)2/h5-7H,4,8H2,1-3H3. The fourth-order valence-corrected chi connectivity index (χ4v) is 1.40. The van der Waals surface area contributed by atoms with Crippen molar-refractivity contribution in [1.82, 2.24) is 0 Å². The molecule has 0 bridgehead atoms. The van der Waals surface area contributed by atoms with Crippen LogP contribution in [0.25, 0.3) is 0 Å². The van der Waals surface area contributed by atoms with Gasteiger partial charge in [0.15, 0.2) is 0 Å². The van der Waals surface area contributed by atoms with Crippen LogP contribution >= 0.6 is 0 Å². The second-order valence-electron chi connectivity index (χ2n) is 3.53. The lowest BCUT2D eigenvalue weighted by molar-refractivity contribution is -0.152. The summed E-state index contributed by atoms with van der Waals surface area (Å²) in [6.45, 7) is 6.19. The van der Waals surface area contributed by atoms with Gasteiger partial charge in [0.2, 0.25) is 0 Å². The molecule has 2 nitrogen and oxygen atoms in total. The highest BCUT2D eigenvalue weighted by Gasteiger charge is 2.36. The Bertz CT molecular complexity index is 263. The molecule has 0 saturated carbocycles. The molecule has 0 amide bonds. The predicted molar refractivity (Wildman–Crippen MR) is 52.3 cm³/mol. The Kier molecular flexibility index (Phi) is 2.91. The topological polar surface area (TPSA) is 26.3 Å². The number of hydrogen-bond acceptors (Lipinski definition) is 2. The largest absolute Gasteiger partial charge is 0.465 e. The van der Waals surface area contributed by atoms with Crippen molar-refractivity contribution < 1.29 is 9.53 Å². The van der Waals surface area contributed by atoms with Gasteiger partial charge < -0.3 is 4.74 Å². The minimum absolute atomic E-state index is 0.117. The Balaban J connectivity index is 2.82. The van der Waals surface area contributed by atoms with E-state index in [2.05, 4.69) is 0 Å². The summed E-state index contributed by atoms with van der Waals surface area (Å²) in [7, 11) is 0. The van der Waals surface area contributed by atoms with Gasteiger partial charge in [-0.05, 0) is 27.2 Å². The van der Waals surface area contributed by atoms with Crippen molar-refractivity contribution in [3.8, 4) is 0 Å². The molecule has 1 rings (SSSR count). The Labute approximate surface area is 79.3 Å². The van der Waals surface area contributed by atoms with Gasteiger partial charge in [-0.15, -0.1) is 0 Å². The fourth-order valence-electron chi connectivity index (χ4n) is 1.40. The molecule has 13 heavy (non-hydrogen) atoms. The first kappa shape index (κ1) is 10.0. The summed E-state index contributed by atoms with van der Waals surface area (Å²) in [5.74, 6) is -0.117. The van der Waals surface area contributed by atoms with Crippen molar-refractivity contribution in [2.24, 2.45) is 5.41 Å². The molecule has 0 spiro atoms. The third-order valence-corrected chi connectivity index (χ3v) is 2.60. The maximum atomic E-state index is 11.6. The Morgan fingerprint density at radius 2 is 2.38 bits per heavy atom. The van der Waals surface area contributed by atoms with E-state index in [1.54, 1.807) is 0 Å². The number of esters is 1. The van der Waals surface area contributed by atoms with Gasteiger partial charge in [0, 0.05) is 0 Å². The summed E-state index contributed by atoms with van der Waals surface area (Å²) in [6.07, 6.45) is 6.70. The summed E-state index contributed by atoms with van der Waals surface area (Å²) in [6, 6.07) is 0.